The van der Waals surface area contributed by atoms with Crippen LogP contribution in [-0.4, -0.2) is 31.3 Å². The van der Waals surface area contributed by atoms with E-state index in [-0.39, 0.29) is 0 Å². The summed E-state index contributed by atoms with van der Waals surface area (Å²) in [5.41, 5.74) is 6.80. The van der Waals surface area contributed by atoms with Gasteiger partial charge in [-0.25, -0.2) is 0 Å². The molecule has 0 unspecified atom stereocenters. The summed E-state index contributed by atoms with van der Waals surface area (Å²) >= 11 is 7.91. The maximum Gasteiger partial charge on any atom is 0.0545 e. The molecule has 2 nitrogen and oxygen atoms in total. The number of hydrogen-bond acceptors (Lipinski definition) is 3. The van der Waals surface area contributed by atoms with Crippen molar-refractivity contribution in [3.63, 3.8) is 0 Å². The van der Waals surface area contributed by atoms with Crippen molar-refractivity contribution in [3.05, 3.63) is 28.8 Å². The van der Waals surface area contributed by atoms with Crippen LogP contribution in [0.1, 0.15) is 5.56 Å². The van der Waals surface area contributed by atoms with Gasteiger partial charge in [0.2, 0.25) is 0 Å². The number of nitrogens with zero attached hydrogens (tertiary/aromatic N) is 1. The monoisotopic (exact) mass is 244 g/mol. The lowest BCUT2D eigenvalue weighted by Gasteiger charge is -2.12. The molecule has 1 rings (SSSR count). The van der Waals surface area contributed by atoms with E-state index in [1.165, 1.54) is 0 Å². The van der Waals surface area contributed by atoms with Gasteiger partial charge in [-0.15, -0.1) is 11.8 Å². The van der Waals surface area contributed by atoms with Crippen molar-refractivity contribution in [2.24, 2.45) is 5.73 Å². The molecule has 0 fully saturated rings. The van der Waals surface area contributed by atoms with Crippen molar-refractivity contribution < 1.29 is 0 Å². The van der Waals surface area contributed by atoms with Crippen molar-refractivity contribution in [2.75, 3.05) is 26.4 Å². The average molecular weight is 245 g/mol. The van der Waals surface area contributed by atoms with Gasteiger partial charge in [-0.1, -0.05) is 23.7 Å². The van der Waals surface area contributed by atoms with Gasteiger partial charge >= 0.3 is 0 Å². The molecule has 0 heterocycles. The Labute approximate surface area is 101 Å². The van der Waals surface area contributed by atoms with Gasteiger partial charge in [0.1, 0.15) is 0 Å². The maximum absolute atomic E-state index is 6.13. The Balaban J connectivity index is 2.66. The number of hydrogen-bond donors (Lipinski definition) is 1. The summed E-state index contributed by atoms with van der Waals surface area (Å²) in [6.07, 6.45) is 0. The molecule has 1 aromatic carbocycles. The van der Waals surface area contributed by atoms with Gasteiger partial charge < -0.3 is 10.6 Å². The summed E-state index contributed by atoms with van der Waals surface area (Å²) in [4.78, 5) is 3.29. The molecule has 4 heteroatoms. The number of thioether (sulfide) groups is 1. The lowest BCUT2D eigenvalue weighted by atomic mass is 10.2. The van der Waals surface area contributed by atoms with Crippen LogP contribution in [0, 0.1) is 0 Å². The van der Waals surface area contributed by atoms with E-state index in [1.807, 2.05) is 18.2 Å². The first-order chi connectivity index (χ1) is 7.15. The van der Waals surface area contributed by atoms with Crippen molar-refractivity contribution in [1.82, 2.24) is 4.90 Å². The predicted molar refractivity (Wildman–Crippen MR) is 68.6 cm³/mol. The summed E-state index contributed by atoms with van der Waals surface area (Å²) in [5, 5.41) is 0.807. The minimum Gasteiger partial charge on any atom is -0.326 e. The van der Waals surface area contributed by atoms with Crippen LogP contribution < -0.4 is 5.73 Å². The third kappa shape index (κ3) is 4.03. The van der Waals surface area contributed by atoms with Gasteiger partial charge in [0.15, 0.2) is 0 Å². The Bertz CT molecular complexity index is 315. The summed E-state index contributed by atoms with van der Waals surface area (Å²) in [7, 11) is 4.13. The van der Waals surface area contributed by atoms with Crippen molar-refractivity contribution in [1.29, 1.82) is 0 Å². The third-order valence-corrected chi connectivity index (χ3v) is 3.64. The first-order valence-corrected chi connectivity index (χ1v) is 6.26. The predicted octanol–water partition coefficient (Wildman–Crippen LogP) is 2.45. The van der Waals surface area contributed by atoms with E-state index in [0.717, 1.165) is 27.8 Å². The SMILES string of the molecule is CN(C)CCSc1c(Cl)cccc1CN. The average Bonchev–Trinajstić information content (AvgIpc) is 2.20. The van der Waals surface area contributed by atoms with Crippen molar-refractivity contribution in [2.45, 2.75) is 11.4 Å². The molecule has 0 bridgehead atoms. The van der Waals surface area contributed by atoms with Crippen LogP contribution in [0.4, 0.5) is 0 Å². The molecule has 0 saturated heterocycles. The molecule has 0 amide bonds. The topological polar surface area (TPSA) is 29.3 Å². The minimum atomic E-state index is 0.546. The van der Waals surface area contributed by atoms with E-state index >= 15 is 0 Å². The molecule has 0 spiro atoms. The molecule has 1 aromatic rings. The van der Waals surface area contributed by atoms with E-state index < -0.39 is 0 Å². The number of nitrogens with two attached hydrogens (primary N) is 1. The highest BCUT2D eigenvalue weighted by Crippen LogP contribution is 2.30. The van der Waals surface area contributed by atoms with Gasteiger partial charge in [-0.05, 0) is 25.7 Å². The van der Waals surface area contributed by atoms with Crippen LogP contribution >= 0.6 is 23.4 Å². The number of benzene rings is 1. The first kappa shape index (κ1) is 12.8. The minimum absolute atomic E-state index is 0.546. The van der Waals surface area contributed by atoms with Crippen molar-refractivity contribution >= 4 is 23.4 Å². The quantitative estimate of drug-likeness (QED) is 0.807. The molecule has 0 atom stereocenters. The largest absolute Gasteiger partial charge is 0.326 e. The Hall–Kier alpha value is -0.220. The van der Waals surface area contributed by atoms with Gasteiger partial charge in [-0.3, -0.25) is 0 Å². The summed E-state index contributed by atoms with van der Waals surface area (Å²) in [5.74, 6) is 1.03. The van der Waals surface area contributed by atoms with Crippen LogP contribution in [0.2, 0.25) is 5.02 Å². The molecule has 0 radical (unpaired) electrons. The second-order valence-corrected chi connectivity index (χ2v) is 5.10. The summed E-state index contributed by atoms with van der Waals surface area (Å²) in [6, 6.07) is 5.89. The van der Waals surface area contributed by atoms with Gasteiger partial charge in [0.25, 0.3) is 0 Å². The molecule has 0 aromatic heterocycles. The second kappa shape index (κ2) is 6.38. The number of rotatable bonds is 5. The van der Waals surface area contributed by atoms with Crippen LogP contribution in [0.15, 0.2) is 23.1 Å². The molecule has 0 aliphatic heterocycles. The molecule has 2 N–H and O–H groups in total. The van der Waals surface area contributed by atoms with Crippen LogP contribution in [0.25, 0.3) is 0 Å². The smallest absolute Gasteiger partial charge is 0.0545 e. The van der Waals surface area contributed by atoms with Crippen LogP contribution in [0.3, 0.4) is 0 Å². The Morgan fingerprint density at radius 3 is 2.73 bits per heavy atom. The van der Waals surface area contributed by atoms with Gasteiger partial charge in [0.05, 0.1) is 5.02 Å². The zero-order valence-electron chi connectivity index (χ0n) is 9.16. The zero-order chi connectivity index (χ0) is 11.3. The lowest BCUT2D eigenvalue weighted by Crippen LogP contribution is -2.15. The van der Waals surface area contributed by atoms with Crippen LogP contribution in [-0.2, 0) is 6.54 Å². The Morgan fingerprint density at radius 1 is 1.40 bits per heavy atom. The van der Waals surface area contributed by atoms with Gasteiger partial charge in [0, 0.05) is 23.7 Å². The van der Waals surface area contributed by atoms with Crippen molar-refractivity contribution in [3.8, 4) is 0 Å². The fourth-order valence-electron chi connectivity index (χ4n) is 1.21. The fourth-order valence-corrected chi connectivity index (χ4v) is 2.77. The first-order valence-electron chi connectivity index (χ1n) is 4.90. The van der Waals surface area contributed by atoms with E-state index in [2.05, 4.69) is 19.0 Å². The van der Waals surface area contributed by atoms with E-state index in [9.17, 15) is 0 Å². The Morgan fingerprint density at radius 2 is 2.13 bits per heavy atom. The highest BCUT2D eigenvalue weighted by Gasteiger charge is 2.06. The lowest BCUT2D eigenvalue weighted by molar-refractivity contribution is 0.437. The fraction of sp³-hybridized carbons (Fsp3) is 0.455. The third-order valence-electron chi connectivity index (χ3n) is 2.05. The van der Waals surface area contributed by atoms with Gasteiger partial charge in [-0.2, -0.15) is 0 Å². The molecule has 0 aliphatic rings. The Kier molecular flexibility index (Phi) is 5.47. The highest BCUT2D eigenvalue weighted by molar-refractivity contribution is 7.99. The number of halogens is 1. The standard InChI is InChI=1S/C11H17ClN2S/c1-14(2)6-7-15-11-9(8-13)4-3-5-10(11)12/h3-5H,6-8,13H2,1-2H3. The maximum atomic E-state index is 6.13. The van der Waals surface area contributed by atoms with E-state index in [1.54, 1.807) is 11.8 Å². The molecule has 0 saturated carbocycles. The normalized spacial score (nSPS) is 11.0. The summed E-state index contributed by atoms with van der Waals surface area (Å²) in [6.45, 7) is 1.59. The molecule has 15 heavy (non-hydrogen) atoms. The highest BCUT2D eigenvalue weighted by atomic mass is 35.5. The molecule has 0 aliphatic carbocycles. The summed E-state index contributed by atoms with van der Waals surface area (Å²) < 4.78 is 0. The van der Waals surface area contributed by atoms with Crippen LogP contribution in [0.5, 0.6) is 0 Å². The van der Waals surface area contributed by atoms with E-state index in [0.29, 0.717) is 6.54 Å². The molecule has 84 valence electrons. The molecular weight excluding hydrogens is 228 g/mol. The van der Waals surface area contributed by atoms with E-state index in [4.69, 9.17) is 17.3 Å². The molecular formula is C11H17ClN2S. The zero-order valence-corrected chi connectivity index (χ0v) is 10.7. The second-order valence-electron chi connectivity index (χ2n) is 3.58.